The molecule has 2 aliphatic rings. The SMILES string of the molecule is O=C(OCc1ccccc1)C(F)(F)c1ccc2c(c1)N(CC1CO1)c1ccccc1S2. The summed E-state index contributed by atoms with van der Waals surface area (Å²) in [5.74, 6) is -5.31. The van der Waals surface area contributed by atoms with Crippen LogP contribution in [-0.2, 0) is 26.8 Å². The summed E-state index contributed by atoms with van der Waals surface area (Å²) >= 11 is 1.53. The molecular weight excluding hydrogens is 420 g/mol. The Balaban J connectivity index is 1.42. The molecule has 0 saturated carbocycles. The van der Waals surface area contributed by atoms with E-state index in [1.807, 2.05) is 35.2 Å². The Hall–Kier alpha value is -2.90. The third kappa shape index (κ3) is 4.03. The summed E-state index contributed by atoms with van der Waals surface area (Å²) in [5.41, 5.74) is 1.86. The number of alkyl halides is 2. The number of fused-ring (bicyclic) bond motifs is 2. The highest BCUT2D eigenvalue weighted by atomic mass is 32.2. The number of halogens is 2. The van der Waals surface area contributed by atoms with Crippen molar-refractivity contribution in [2.45, 2.75) is 28.4 Å². The maximum atomic E-state index is 15.0. The van der Waals surface area contributed by atoms with Crippen molar-refractivity contribution in [3.63, 3.8) is 0 Å². The van der Waals surface area contributed by atoms with Crippen molar-refractivity contribution in [2.75, 3.05) is 18.1 Å². The molecule has 0 N–H and O–H groups in total. The fourth-order valence-corrected chi connectivity index (χ4v) is 4.61. The molecule has 3 aromatic carbocycles. The lowest BCUT2D eigenvalue weighted by Gasteiger charge is -2.33. The first-order chi connectivity index (χ1) is 15.0. The third-order valence-corrected chi connectivity index (χ3v) is 6.38. The maximum absolute atomic E-state index is 15.0. The zero-order valence-corrected chi connectivity index (χ0v) is 17.3. The summed E-state index contributed by atoms with van der Waals surface area (Å²) in [6.07, 6.45) is 0.0732. The maximum Gasteiger partial charge on any atom is 0.382 e. The molecule has 5 rings (SSSR count). The zero-order chi connectivity index (χ0) is 21.4. The lowest BCUT2D eigenvalue weighted by Crippen LogP contribution is -2.30. The number of hydrogen-bond acceptors (Lipinski definition) is 5. The molecule has 158 valence electrons. The fourth-order valence-electron chi connectivity index (χ4n) is 3.53. The molecule has 2 aliphatic heterocycles. The van der Waals surface area contributed by atoms with Crippen LogP contribution in [0.3, 0.4) is 0 Å². The molecule has 4 nitrogen and oxygen atoms in total. The van der Waals surface area contributed by atoms with Crippen LogP contribution in [-0.4, -0.2) is 25.2 Å². The topological polar surface area (TPSA) is 42.1 Å². The number of carbonyl (C=O) groups excluding carboxylic acids is 1. The Kier molecular flexibility index (Phi) is 5.16. The van der Waals surface area contributed by atoms with Crippen LogP contribution < -0.4 is 4.90 Å². The van der Waals surface area contributed by atoms with Crippen molar-refractivity contribution in [1.82, 2.24) is 0 Å². The minimum atomic E-state index is -3.76. The largest absolute Gasteiger partial charge is 0.456 e. The Morgan fingerprint density at radius 1 is 1.03 bits per heavy atom. The predicted octanol–water partition coefficient (Wildman–Crippen LogP) is 5.52. The van der Waals surface area contributed by atoms with Gasteiger partial charge in [0.2, 0.25) is 0 Å². The molecule has 1 atom stereocenters. The van der Waals surface area contributed by atoms with Crippen LogP contribution in [0.2, 0.25) is 0 Å². The van der Waals surface area contributed by atoms with E-state index in [0.717, 1.165) is 15.5 Å². The first-order valence-corrected chi connectivity index (χ1v) is 10.7. The van der Waals surface area contributed by atoms with E-state index in [9.17, 15) is 13.6 Å². The van der Waals surface area contributed by atoms with Gasteiger partial charge in [0.25, 0.3) is 0 Å². The van der Waals surface area contributed by atoms with Crippen LogP contribution in [0, 0.1) is 0 Å². The molecule has 1 unspecified atom stereocenters. The first-order valence-electron chi connectivity index (χ1n) is 9.92. The molecule has 0 aliphatic carbocycles. The van der Waals surface area contributed by atoms with Crippen molar-refractivity contribution in [3.8, 4) is 0 Å². The quantitative estimate of drug-likeness (QED) is 0.374. The summed E-state index contributed by atoms with van der Waals surface area (Å²) in [4.78, 5) is 16.2. The minimum absolute atomic E-state index is 0.0732. The lowest BCUT2D eigenvalue weighted by atomic mass is 10.1. The number of epoxide rings is 1. The van der Waals surface area contributed by atoms with Gasteiger partial charge in [-0.2, -0.15) is 8.78 Å². The van der Waals surface area contributed by atoms with Gasteiger partial charge in [0.1, 0.15) is 6.61 Å². The molecule has 0 bridgehead atoms. The van der Waals surface area contributed by atoms with Gasteiger partial charge in [0, 0.05) is 15.4 Å². The van der Waals surface area contributed by atoms with E-state index in [1.54, 1.807) is 30.3 Å². The molecule has 1 saturated heterocycles. The lowest BCUT2D eigenvalue weighted by molar-refractivity contribution is -0.175. The smallest absolute Gasteiger partial charge is 0.382 e. The number of carbonyl (C=O) groups is 1. The summed E-state index contributed by atoms with van der Waals surface area (Å²) in [6.45, 7) is 1.02. The number of rotatable bonds is 6. The number of hydrogen-bond donors (Lipinski definition) is 0. The highest BCUT2D eigenvalue weighted by Gasteiger charge is 2.44. The highest BCUT2D eigenvalue weighted by molar-refractivity contribution is 7.99. The highest BCUT2D eigenvalue weighted by Crippen LogP contribution is 2.49. The Morgan fingerprint density at radius 3 is 2.52 bits per heavy atom. The molecule has 7 heteroatoms. The summed E-state index contributed by atoms with van der Waals surface area (Å²) in [7, 11) is 0. The number of anilines is 2. The molecule has 0 spiro atoms. The van der Waals surface area contributed by atoms with Crippen LogP contribution in [0.25, 0.3) is 0 Å². The standard InChI is InChI=1S/C24H19F2NO3S/c25-24(26,23(28)30-14-16-6-2-1-3-7-16)17-10-11-22-20(12-17)27(13-18-15-29-18)19-8-4-5-9-21(19)31-22/h1-12,18H,13-15H2. The van der Waals surface area contributed by atoms with Gasteiger partial charge in [-0.3, -0.25) is 0 Å². The predicted molar refractivity (Wildman–Crippen MR) is 114 cm³/mol. The van der Waals surface area contributed by atoms with Gasteiger partial charge in [0.15, 0.2) is 0 Å². The summed E-state index contributed by atoms with van der Waals surface area (Å²) < 4.78 is 40.3. The Bertz CT molecular complexity index is 1120. The van der Waals surface area contributed by atoms with Crippen LogP contribution in [0.15, 0.2) is 82.6 Å². The molecule has 0 radical (unpaired) electrons. The van der Waals surface area contributed by atoms with E-state index in [4.69, 9.17) is 9.47 Å². The van der Waals surface area contributed by atoms with Crippen LogP contribution in [0.1, 0.15) is 11.1 Å². The second kappa shape index (κ2) is 7.98. The van der Waals surface area contributed by atoms with E-state index < -0.39 is 11.9 Å². The van der Waals surface area contributed by atoms with Gasteiger partial charge in [-0.05, 0) is 29.8 Å². The molecule has 0 amide bonds. The normalized spacial score (nSPS) is 17.0. The van der Waals surface area contributed by atoms with Crippen molar-refractivity contribution >= 4 is 29.1 Å². The number of ether oxygens (including phenoxy) is 2. The van der Waals surface area contributed by atoms with Crippen molar-refractivity contribution in [1.29, 1.82) is 0 Å². The molecule has 31 heavy (non-hydrogen) atoms. The molecule has 1 fully saturated rings. The van der Waals surface area contributed by atoms with Gasteiger partial charge < -0.3 is 14.4 Å². The fraction of sp³-hybridized carbons (Fsp3) is 0.208. The average Bonchev–Trinajstić information content (AvgIpc) is 3.62. The molecular formula is C24H19F2NO3S. The number of para-hydroxylation sites is 1. The van der Waals surface area contributed by atoms with Gasteiger partial charge in [-0.15, -0.1) is 0 Å². The average molecular weight is 439 g/mol. The van der Waals surface area contributed by atoms with Gasteiger partial charge in [-0.25, -0.2) is 4.79 Å². The van der Waals surface area contributed by atoms with Gasteiger partial charge >= 0.3 is 11.9 Å². The first kappa shape index (κ1) is 20.0. The molecule has 3 aromatic rings. The van der Waals surface area contributed by atoms with E-state index in [-0.39, 0.29) is 18.3 Å². The van der Waals surface area contributed by atoms with Crippen molar-refractivity contribution in [3.05, 3.63) is 83.9 Å². The third-order valence-electron chi connectivity index (χ3n) is 5.25. The van der Waals surface area contributed by atoms with E-state index in [2.05, 4.69) is 0 Å². The summed E-state index contributed by atoms with van der Waals surface area (Å²) in [5, 5.41) is 0. The van der Waals surface area contributed by atoms with E-state index in [1.165, 1.54) is 23.9 Å². The van der Waals surface area contributed by atoms with Crippen LogP contribution >= 0.6 is 11.8 Å². The number of nitrogens with zero attached hydrogens (tertiary/aromatic N) is 1. The van der Waals surface area contributed by atoms with Crippen molar-refractivity contribution < 1.29 is 23.0 Å². The summed E-state index contributed by atoms with van der Waals surface area (Å²) in [6, 6.07) is 21.0. The van der Waals surface area contributed by atoms with Gasteiger partial charge in [0.05, 0.1) is 30.6 Å². The zero-order valence-electron chi connectivity index (χ0n) is 16.5. The van der Waals surface area contributed by atoms with Gasteiger partial charge in [-0.1, -0.05) is 60.3 Å². The minimum Gasteiger partial charge on any atom is -0.456 e. The second-order valence-corrected chi connectivity index (χ2v) is 8.54. The van der Waals surface area contributed by atoms with E-state index >= 15 is 0 Å². The second-order valence-electron chi connectivity index (χ2n) is 7.45. The molecule has 0 aromatic heterocycles. The monoisotopic (exact) mass is 439 g/mol. The Labute approximate surface area is 182 Å². The van der Waals surface area contributed by atoms with Crippen LogP contribution in [0.5, 0.6) is 0 Å². The van der Waals surface area contributed by atoms with Crippen LogP contribution in [0.4, 0.5) is 20.2 Å². The van der Waals surface area contributed by atoms with Crippen molar-refractivity contribution in [2.24, 2.45) is 0 Å². The van der Waals surface area contributed by atoms with E-state index in [0.29, 0.717) is 24.4 Å². The number of benzene rings is 3. The number of esters is 1. The Morgan fingerprint density at radius 2 is 1.74 bits per heavy atom. The molecule has 2 heterocycles.